The number of nitrogens with one attached hydrogen (secondary N) is 2. The van der Waals surface area contributed by atoms with Crippen molar-refractivity contribution in [3.05, 3.63) is 35.6 Å². The fourth-order valence-corrected chi connectivity index (χ4v) is 7.68. The number of aliphatic hydroxyl groups excluding tert-OH is 1. The maximum absolute atomic E-state index is 14.2. The highest BCUT2D eigenvalue weighted by atomic mass is 19.1. The molecular formula is C40H66FN5O8. The van der Waals surface area contributed by atoms with E-state index >= 15 is 0 Å². The lowest BCUT2D eigenvalue weighted by molar-refractivity contribution is -0.148. The minimum Gasteiger partial charge on any atom is -0.391 e. The second kappa shape index (κ2) is 21.0. The van der Waals surface area contributed by atoms with Gasteiger partial charge in [-0.05, 0) is 69.5 Å². The van der Waals surface area contributed by atoms with Crippen LogP contribution in [0.5, 0.6) is 0 Å². The third kappa shape index (κ3) is 11.8. The number of hydrogen-bond acceptors (Lipinski definition) is 9. The van der Waals surface area contributed by atoms with E-state index in [1.807, 2.05) is 60.5 Å². The molecule has 1 aromatic carbocycles. The van der Waals surface area contributed by atoms with Gasteiger partial charge in [-0.25, -0.2) is 4.39 Å². The monoisotopic (exact) mass is 763 g/mol. The van der Waals surface area contributed by atoms with Crippen molar-refractivity contribution < 1.29 is 42.9 Å². The number of hydrogen-bond donors (Lipinski definition) is 3. The fraction of sp³-hybridized carbons (Fsp3) is 0.725. The molecule has 2 rings (SSSR count). The van der Waals surface area contributed by atoms with Gasteiger partial charge in [0, 0.05) is 33.4 Å². The molecule has 0 bridgehead atoms. The zero-order valence-corrected chi connectivity index (χ0v) is 34.6. The average molecular weight is 764 g/mol. The molecule has 0 aromatic heterocycles. The van der Waals surface area contributed by atoms with Crippen molar-refractivity contribution >= 4 is 29.4 Å². The molecule has 54 heavy (non-hydrogen) atoms. The Labute approximate surface area is 321 Å². The number of carbonyl (C=O) groups excluding carboxylic acids is 5. The van der Waals surface area contributed by atoms with E-state index in [4.69, 9.17) is 9.47 Å². The first kappa shape index (κ1) is 46.7. The third-order valence-electron chi connectivity index (χ3n) is 10.8. The Bertz CT molecular complexity index is 1400. The lowest BCUT2D eigenvalue weighted by Crippen LogP contribution is -2.59. The number of likely N-dealkylation sites (N-methyl/N-ethyl adjacent to an activating group) is 2. The summed E-state index contributed by atoms with van der Waals surface area (Å²) in [5, 5.41) is 16.5. The van der Waals surface area contributed by atoms with Crippen LogP contribution in [-0.4, -0.2) is 140 Å². The van der Waals surface area contributed by atoms with Crippen LogP contribution >= 0.6 is 0 Å². The van der Waals surface area contributed by atoms with E-state index in [1.54, 1.807) is 18.9 Å². The van der Waals surface area contributed by atoms with Crippen molar-refractivity contribution in [1.82, 2.24) is 25.3 Å². The van der Waals surface area contributed by atoms with Crippen LogP contribution in [0, 0.1) is 29.5 Å². The van der Waals surface area contributed by atoms with E-state index in [1.165, 1.54) is 50.3 Å². The first-order valence-electron chi connectivity index (χ1n) is 19.1. The Balaban J connectivity index is 2.30. The second-order valence-corrected chi connectivity index (χ2v) is 15.8. The molecule has 0 aliphatic carbocycles. The lowest BCUT2D eigenvalue weighted by atomic mass is 9.89. The summed E-state index contributed by atoms with van der Waals surface area (Å²) in [6.45, 7) is 14.8. The van der Waals surface area contributed by atoms with Gasteiger partial charge in [-0.2, -0.15) is 0 Å². The summed E-state index contributed by atoms with van der Waals surface area (Å²) in [7, 11) is 8.26. The van der Waals surface area contributed by atoms with Gasteiger partial charge < -0.3 is 35.0 Å². The van der Waals surface area contributed by atoms with E-state index in [0.717, 1.165) is 0 Å². The molecule has 1 saturated heterocycles. The maximum Gasteiger partial charge on any atom is 0.245 e. The van der Waals surface area contributed by atoms with E-state index < -0.39 is 71.9 Å². The molecule has 1 unspecified atom stereocenters. The number of amides is 4. The molecule has 1 heterocycles. The molecule has 1 fully saturated rings. The Morgan fingerprint density at radius 2 is 1.50 bits per heavy atom. The first-order valence-corrected chi connectivity index (χ1v) is 19.1. The van der Waals surface area contributed by atoms with E-state index in [-0.39, 0.29) is 60.4 Å². The van der Waals surface area contributed by atoms with Gasteiger partial charge in [-0.15, -0.1) is 0 Å². The minimum atomic E-state index is -0.914. The number of methoxy groups -OCH3 is 2. The van der Waals surface area contributed by atoms with Crippen LogP contribution in [0.2, 0.25) is 0 Å². The predicted molar refractivity (Wildman–Crippen MR) is 205 cm³/mol. The number of carbonyl (C=O) groups is 5. The number of aliphatic hydroxyl groups is 1. The van der Waals surface area contributed by atoms with Crippen molar-refractivity contribution in [2.75, 3.05) is 41.9 Å². The molecule has 306 valence electrons. The molecule has 13 nitrogen and oxygen atoms in total. The Kier molecular flexibility index (Phi) is 18.2. The minimum absolute atomic E-state index is 0.0146. The standard InChI is InChI=1S/C40H66FN5O8/c1-14-24(6)35(45(11)40(52)33(22(2)3)43-39(51)34(23(4)5)44(9)10)31(53-12)20-32(48)46-21-29(47)19-30(46)37(54-13)25(7)38(50)42-26(8)36(49)27-15-17-28(41)18-16-27/h15-18,22-26,29-31,33-35,37,47H,14,19-21H2,1-13H3,(H,42,50)(H,43,51)/t24?,25-,26+,29+,30+,31+,33+,34+,35+,37-/m1/s1. The van der Waals surface area contributed by atoms with Crippen LogP contribution in [0.3, 0.4) is 0 Å². The molecule has 0 saturated carbocycles. The molecular weight excluding hydrogens is 697 g/mol. The summed E-state index contributed by atoms with van der Waals surface area (Å²) in [4.78, 5) is 73.1. The summed E-state index contributed by atoms with van der Waals surface area (Å²) in [6, 6.07) is 1.68. The number of benzene rings is 1. The SMILES string of the molecule is CCC(C)[C@@H]([C@H](CC(=O)N1C[C@@H](O)C[C@H]1[C@H](OC)[C@@H](C)C(=O)N[C@@H](C)C(=O)c1ccc(F)cc1)OC)N(C)C(=O)[C@@H](NC(=O)[C@H](C(C)C)N(C)C)C(C)C. The number of likely N-dealkylation sites (tertiary alicyclic amines) is 1. The predicted octanol–water partition coefficient (Wildman–Crippen LogP) is 3.13. The van der Waals surface area contributed by atoms with Gasteiger partial charge in [0.2, 0.25) is 23.6 Å². The molecule has 4 amide bonds. The van der Waals surface area contributed by atoms with E-state index in [9.17, 15) is 33.5 Å². The molecule has 1 aromatic rings. The summed E-state index contributed by atoms with van der Waals surface area (Å²) in [5.41, 5.74) is 0.250. The second-order valence-electron chi connectivity index (χ2n) is 15.8. The number of nitrogens with zero attached hydrogens (tertiary/aromatic N) is 3. The van der Waals surface area contributed by atoms with Crippen LogP contribution in [0.4, 0.5) is 4.39 Å². The van der Waals surface area contributed by atoms with Crippen LogP contribution in [0.1, 0.15) is 85.0 Å². The number of ether oxygens (including phenoxy) is 2. The van der Waals surface area contributed by atoms with Gasteiger partial charge in [0.25, 0.3) is 0 Å². The molecule has 0 spiro atoms. The van der Waals surface area contributed by atoms with Gasteiger partial charge in [-0.3, -0.25) is 28.9 Å². The topological polar surface area (TPSA) is 158 Å². The van der Waals surface area contributed by atoms with Gasteiger partial charge in [-0.1, -0.05) is 54.9 Å². The number of rotatable bonds is 20. The zero-order chi connectivity index (χ0) is 41.2. The quantitative estimate of drug-likeness (QED) is 0.170. The number of Topliss-reactive ketones (excluding diaryl/α,β-unsaturated/α-hetero) is 1. The van der Waals surface area contributed by atoms with Gasteiger partial charge >= 0.3 is 0 Å². The molecule has 1 aliphatic rings. The highest BCUT2D eigenvalue weighted by Crippen LogP contribution is 2.30. The Morgan fingerprint density at radius 1 is 0.907 bits per heavy atom. The summed E-state index contributed by atoms with van der Waals surface area (Å²) >= 11 is 0. The van der Waals surface area contributed by atoms with E-state index in [0.29, 0.717) is 6.42 Å². The van der Waals surface area contributed by atoms with Gasteiger partial charge in [0.15, 0.2) is 5.78 Å². The first-order chi connectivity index (χ1) is 25.2. The number of halogens is 1. The highest BCUT2D eigenvalue weighted by molar-refractivity contribution is 6.01. The van der Waals surface area contributed by atoms with Crippen LogP contribution < -0.4 is 10.6 Å². The summed E-state index contributed by atoms with van der Waals surface area (Å²) in [5.74, 6) is -3.36. The Morgan fingerprint density at radius 3 is 1.98 bits per heavy atom. The van der Waals surface area contributed by atoms with Crippen molar-refractivity contribution in [3.8, 4) is 0 Å². The third-order valence-corrected chi connectivity index (χ3v) is 10.8. The van der Waals surface area contributed by atoms with Crippen molar-refractivity contribution in [2.24, 2.45) is 23.7 Å². The highest BCUT2D eigenvalue weighted by Gasteiger charge is 2.45. The maximum atomic E-state index is 14.2. The molecule has 14 heteroatoms. The van der Waals surface area contributed by atoms with Crippen molar-refractivity contribution in [2.45, 2.75) is 123 Å². The summed E-state index contributed by atoms with van der Waals surface area (Å²) in [6.07, 6.45) is -1.72. The smallest absolute Gasteiger partial charge is 0.245 e. The number of ketones is 1. The molecule has 1 aliphatic heterocycles. The Hall–Kier alpha value is -3.46. The van der Waals surface area contributed by atoms with E-state index in [2.05, 4.69) is 10.6 Å². The molecule has 3 N–H and O–H groups in total. The molecule has 10 atom stereocenters. The van der Waals surface area contributed by atoms with Crippen LogP contribution in [-0.2, 0) is 28.7 Å². The average Bonchev–Trinajstić information content (AvgIpc) is 3.50. The van der Waals surface area contributed by atoms with Crippen molar-refractivity contribution in [3.63, 3.8) is 0 Å². The van der Waals surface area contributed by atoms with Gasteiger partial charge in [0.1, 0.15) is 11.9 Å². The van der Waals surface area contributed by atoms with Crippen molar-refractivity contribution in [1.29, 1.82) is 0 Å². The molecule has 0 radical (unpaired) electrons. The number of β-amino-alcohol motifs (C(OH)–C–C–N with tert-alkyl or cyclic N) is 1. The zero-order valence-electron chi connectivity index (χ0n) is 34.6. The largest absolute Gasteiger partial charge is 0.391 e. The normalized spacial score (nSPS) is 20.5. The van der Waals surface area contributed by atoms with Crippen LogP contribution in [0.25, 0.3) is 0 Å². The lowest BCUT2D eigenvalue weighted by Gasteiger charge is -2.41. The van der Waals surface area contributed by atoms with Gasteiger partial charge in [0.05, 0.1) is 54.8 Å². The van der Waals surface area contributed by atoms with Crippen LogP contribution in [0.15, 0.2) is 24.3 Å². The summed E-state index contributed by atoms with van der Waals surface area (Å²) < 4.78 is 25.1. The fourth-order valence-electron chi connectivity index (χ4n) is 7.68.